The molecule has 0 unspecified atom stereocenters. The number of amides is 1. The number of nitrogens with zero attached hydrogens (tertiary/aromatic N) is 1. The van der Waals surface area contributed by atoms with Crippen LogP contribution in [0.1, 0.15) is 19.4 Å². The predicted molar refractivity (Wildman–Crippen MR) is 93.6 cm³/mol. The summed E-state index contributed by atoms with van der Waals surface area (Å²) in [4.78, 5) is 16.1. The van der Waals surface area contributed by atoms with Gasteiger partial charge in [0.25, 0.3) is 0 Å². The Morgan fingerprint density at radius 3 is 2.57 bits per heavy atom. The van der Waals surface area contributed by atoms with E-state index in [1.165, 1.54) is 5.56 Å². The van der Waals surface area contributed by atoms with Gasteiger partial charge in [0, 0.05) is 26.2 Å². The molecular formula is C17H28N4O2. The van der Waals surface area contributed by atoms with E-state index in [1.54, 1.807) is 0 Å². The summed E-state index contributed by atoms with van der Waals surface area (Å²) in [6, 6.07) is 10.1. The van der Waals surface area contributed by atoms with Crippen molar-refractivity contribution in [3.05, 3.63) is 35.9 Å². The number of rotatable bonds is 10. The maximum atomic E-state index is 11.8. The highest BCUT2D eigenvalue weighted by Gasteiger charge is 2.02. The zero-order chi connectivity index (χ0) is 16.8. The summed E-state index contributed by atoms with van der Waals surface area (Å²) in [7, 11) is 0. The van der Waals surface area contributed by atoms with Crippen molar-refractivity contribution in [1.82, 2.24) is 16.0 Å². The van der Waals surface area contributed by atoms with Gasteiger partial charge in [0.2, 0.25) is 5.91 Å². The van der Waals surface area contributed by atoms with E-state index in [4.69, 9.17) is 4.74 Å². The molecule has 1 amide bonds. The van der Waals surface area contributed by atoms with Gasteiger partial charge >= 0.3 is 0 Å². The number of carbonyl (C=O) groups excluding carboxylic acids is 1. The highest BCUT2D eigenvalue weighted by molar-refractivity contribution is 5.84. The molecule has 0 aliphatic rings. The first-order valence-electron chi connectivity index (χ1n) is 8.16. The van der Waals surface area contributed by atoms with Crippen molar-refractivity contribution in [1.29, 1.82) is 0 Å². The monoisotopic (exact) mass is 320 g/mol. The van der Waals surface area contributed by atoms with Crippen LogP contribution in [0, 0.1) is 0 Å². The summed E-state index contributed by atoms with van der Waals surface area (Å²) >= 11 is 0. The zero-order valence-electron chi connectivity index (χ0n) is 14.1. The third kappa shape index (κ3) is 9.52. The Balaban J connectivity index is 2.26. The van der Waals surface area contributed by atoms with Crippen molar-refractivity contribution in [3.8, 4) is 0 Å². The summed E-state index contributed by atoms with van der Waals surface area (Å²) in [5, 5.41) is 9.11. The van der Waals surface area contributed by atoms with E-state index in [2.05, 4.69) is 33.1 Å². The van der Waals surface area contributed by atoms with Crippen molar-refractivity contribution in [2.24, 2.45) is 4.99 Å². The van der Waals surface area contributed by atoms with E-state index in [-0.39, 0.29) is 12.5 Å². The minimum atomic E-state index is -0.0806. The van der Waals surface area contributed by atoms with Crippen LogP contribution in [0.5, 0.6) is 0 Å². The first-order valence-corrected chi connectivity index (χ1v) is 8.16. The Bertz CT molecular complexity index is 463. The van der Waals surface area contributed by atoms with E-state index in [1.807, 2.05) is 32.0 Å². The topological polar surface area (TPSA) is 74.8 Å². The van der Waals surface area contributed by atoms with Crippen molar-refractivity contribution < 1.29 is 9.53 Å². The molecular weight excluding hydrogens is 292 g/mol. The number of benzene rings is 1. The molecule has 0 aliphatic carbocycles. The Hall–Kier alpha value is -2.08. The normalized spacial score (nSPS) is 11.1. The predicted octanol–water partition coefficient (Wildman–Crippen LogP) is 0.937. The zero-order valence-corrected chi connectivity index (χ0v) is 14.1. The van der Waals surface area contributed by atoms with Gasteiger partial charge in [-0.2, -0.15) is 0 Å². The van der Waals surface area contributed by atoms with E-state index in [9.17, 15) is 4.79 Å². The Labute approximate surface area is 138 Å². The second-order valence-corrected chi connectivity index (χ2v) is 4.90. The van der Waals surface area contributed by atoms with Crippen LogP contribution in [-0.2, 0) is 16.0 Å². The lowest BCUT2D eigenvalue weighted by atomic mass is 10.1. The molecule has 0 aromatic heterocycles. The van der Waals surface area contributed by atoms with Crippen LogP contribution in [-0.4, -0.2) is 51.3 Å². The van der Waals surface area contributed by atoms with E-state index >= 15 is 0 Å². The van der Waals surface area contributed by atoms with Crippen LogP contribution < -0.4 is 16.0 Å². The van der Waals surface area contributed by atoms with Crippen LogP contribution >= 0.6 is 0 Å². The molecule has 0 bridgehead atoms. The van der Waals surface area contributed by atoms with Gasteiger partial charge in [-0.25, -0.2) is 4.99 Å². The van der Waals surface area contributed by atoms with Crippen molar-refractivity contribution in [2.75, 3.05) is 39.4 Å². The number of nitrogens with one attached hydrogen (secondary N) is 3. The number of guanidine groups is 1. The molecule has 1 aromatic carbocycles. The van der Waals surface area contributed by atoms with Gasteiger partial charge in [-0.15, -0.1) is 0 Å². The minimum absolute atomic E-state index is 0.0806. The standard InChI is InChI=1S/C17H28N4O2/c1-3-18-17(20-12-13-23-4-2)21-14-16(22)19-11-10-15-8-6-5-7-9-15/h5-9H,3-4,10-14H2,1-2H3,(H,19,22)(H2,18,20,21). The van der Waals surface area contributed by atoms with Crippen LogP contribution in [0.2, 0.25) is 0 Å². The minimum Gasteiger partial charge on any atom is -0.380 e. The molecule has 0 heterocycles. The second kappa shape index (κ2) is 12.5. The number of carbonyl (C=O) groups is 1. The lowest BCUT2D eigenvalue weighted by molar-refractivity contribution is -0.119. The Morgan fingerprint density at radius 2 is 1.87 bits per heavy atom. The fourth-order valence-electron chi connectivity index (χ4n) is 1.93. The molecule has 0 spiro atoms. The number of aliphatic imine (C=N–C) groups is 1. The first-order chi connectivity index (χ1) is 11.3. The van der Waals surface area contributed by atoms with Crippen LogP contribution in [0.3, 0.4) is 0 Å². The molecule has 128 valence electrons. The second-order valence-electron chi connectivity index (χ2n) is 4.90. The molecule has 0 saturated carbocycles. The molecule has 6 nitrogen and oxygen atoms in total. The van der Waals surface area contributed by atoms with E-state index in [0.717, 1.165) is 13.0 Å². The lowest BCUT2D eigenvalue weighted by Crippen LogP contribution is -2.40. The van der Waals surface area contributed by atoms with E-state index in [0.29, 0.717) is 32.3 Å². The molecule has 0 radical (unpaired) electrons. The molecule has 0 atom stereocenters. The molecule has 0 aliphatic heterocycles. The molecule has 6 heteroatoms. The molecule has 23 heavy (non-hydrogen) atoms. The van der Waals surface area contributed by atoms with Gasteiger partial charge in [0.15, 0.2) is 5.96 Å². The van der Waals surface area contributed by atoms with Gasteiger partial charge in [-0.05, 0) is 25.8 Å². The largest absolute Gasteiger partial charge is 0.380 e. The molecule has 1 rings (SSSR count). The van der Waals surface area contributed by atoms with Crippen molar-refractivity contribution >= 4 is 11.9 Å². The third-order valence-corrected chi connectivity index (χ3v) is 3.05. The maximum absolute atomic E-state index is 11.8. The summed E-state index contributed by atoms with van der Waals surface area (Å²) in [6.45, 7) is 7.39. The van der Waals surface area contributed by atoms with Crippen LogP contribution in [0.4, 0.5) is 0 Å². The quantitative estimate of drug-likeness (QED) is 0.341. The van der Waals surface area contributed by atoms with Gasteiger partial charge < -0.3 is 20.7 Å². The number of hydrogen-bond donors (Lipinski definition) is 3. The molecule has 3 N–H and O–H groups in total. The van der Waals surface area contributed by atoms with Crippen molar-refractivity contribution in [2.45, 2.75) is 20.3 Å². The molecule has 1 aromatic rings. The fraction of sp³-hybridized carbons (Fsp3) is 0.529. The van der Waals surface area contributed by atoms with Gasteiger partial charge in [0.1, 0.15) is 6.54 Å². The average Bonchev–Trinajstić information content (AvgIpc) is 2.57. The summed E-state index contributed by atoms with van der Waals surface area (Å²) in [5.41, 5.74) is 1.21. The Morgan fingerprint density at radius 1 is 1.09 bits per heavy atom. The fourth-order valence-corrected chi connectivity index (χ4v) is 1.93. The maximum Gasteiger partial charge on any atom is 0.241 e. The SMILES string of the molecule is CCNC(=NCC(=O)NCCc1ccccc1)NCCOCC. The smallest absolute Gasteiger partial charge is 0.241 e. The van der Waals surface area contributed by atoms with Gasteiger partial charge in [-0.3, -0.25) is 4.79 Å². The molecule has 0 fully saturated rings. The summed E-state index contributed by atoms with van der Waals surface area (Å²) in [5.74, 6) is 0.549. The van der Waals surface area contributed by atoms with Gasteiger partial charge in [0.05, 0.1) is 6.61 Å². The van der Waals surface area contributed by atoms with Crippen LogP contribution in [0.15, 0.2) is 35.3 Å². The van der Waals surface area contributed by atoms with Gasteiger partial charge in [-0.1, -0.05) is 30.3 Å². The Kier molecular flexibility index (Phi) is 10.3. The highest BCUT2D eigenvalue weighted by atomic mass is 16.5. The van der Waals surface area contributed by atoms with E-state index < -0.39 is 0 Å². The van der Waals surface area contributed by atoms with Crippen LogP contribution in [0.25, 0.3) is 0 Å². The number of ether oxygens (including phenoxy) is 1. The first kappa shape index (κ1) is 19.0. The summed E-state index contributed by atoms with van der Waals surface area (Å²) < 4.78 is 5.26. The lowest BCUT2D eigenvalue weighted by Gasteiger charge is -2.11. The van der Waals surface area contributed by atoms with Crippen molar-refractivity contribution in [3.63, 3.8) is 0 Å². The summed E-state index contributed by atoms with van der Waals surface area (Å²) in [6.07, 6.45) is 0.822. The molecule has 0 saturated heterocycles. The third-order valence-electron chi connectivity index (χ3n) is 3.05. The number of hydrogen-bond acceptors (Lipinski definition) is 3. The average molecular weight is 320 g/mol. The highest BCUT2D eigenvalue weighted by Crippen LogP contribution is 1.97.